The van der Waals surface area contributed by atoms with Gasteiger partial charge in [0.05, 0.1) is 5.56 Å². The molecule has 0 radical (unpaired) electrons. The first kappa shape index (κ1) is 19.1. The van der Waals surface area contributed by atoms with Crippen molar-refractivity contribution in [3.05, 3.63) is 29.3 Å². The Bertz CT molecular complexity index is 519. The van der Waals surface area contributed by atoms with Crippen molar-refractivity contribution < 1.29 is 18.0 Å². The number of halogens is 4. The summed E-state index contributed by atoms with van der Waals surface area (Å²) in [7, 11) is 0. The van der Waals surface area contributed by atoms with Crippen LogP contribution < -0.4 is 10.6 Å². The van der Waals surface area contributed by atoms with E-state index in [0.717, 1.165) is 24.1 Å². The van der Waals surface area contributed by atoms with Crippen LogP contribution in [0.25, 0.3) is 0 Å². The van der Waals surface area contributed by atoms with E-state index in [1.54, 1.807) is 11.8 Å². The van der Waals surface area contributed by atoms with Crippen LogP contribution in [-0.4, -0.2) is 30.0 Å². The molecule has 1 amide bonds. The third kappa shape index (κ3) is 5.37. The minimum Gasteiger partial charge on any atom is -0.326 e. The molecule has 1 aromatic rings. The number of amides is 1. The van der Waals surface area contributed by atoms with E-state index < -0.39 is 11.7 Å². The molecular weight excluding hydrogens is 337 g/mol. The lowest BCUT2D eigenvalue weighted by atomic mass is 10.1. The Morgan fingerprint density at radius 3 is 2.77 bits per heavy atom. The molecule has 0 bridgehead atoms. The molecule has 2 rings (SSSR count). The Labute approximate surface area is 137 Å². The second kappa shape index (κ2) is 8.08. The zero-order valence-corrected chi connectivity index (χ0v) is 13.6. The normalized spacial score (nSPS) is 18.5. The fraction of sp³-hybridized carbons (Fsp3) is 0.500. The molecule has 22 heavy (non-hydrogen) atoms. The van der Waals surface area contributed by atoms with E-state index in [4.69, 9.17) is 0 Å². The molecule has 0 aliphatic carbocycles. The van der Waals surface area contributed by atoms with Gasteiger partial charge in [-0.25, -0.2) is 0 Å². The average Bonchev–Trinajstić information content (AvgIpc) is 2.41. The molecule has 1 unspecified atom stereocenters. The van der Waals surface area contributed by atoms with Gasteiger partial charge in [0.25, 0.3) is 0 Å². The van der Waals surface area contributed by atoms with Crippen LogP contribution >= 0.6 is 24.2 Å². The SMILES string of the molecule is Cc1ccc(NC(=O)CC2CSCCN2)cc1C(F)(F)F.Cl. The number of carbonyl (C=O) groups is 1. The highest BCUT2D eigenvalue weighted by Crippen LogP contribution is 2.33. The van der Waals surface area contributed by atoms with E-state index in [-0.39, 0.29) is 42.0 Å². The lowest BCUT2D eigenvalue weighted by Crippen LogP contribution is -2.39. The third-order valence-electron chi connectivity index (χ3n) is 3.26. The first-order valence-corrected chi connectivity index (χ1v) is 7.80. The predicted molar refractivity (Wildman–Crippen MR) is 85.8 cm³/mol. The number of alkyl halides is 3. The van der Waals surface area contributed by atoms with Crippen LogP contribution in [0.4, 0.5) is 18.9 Å². The van der Waals surface area contributed by atoms with Gasteiger partial charge in [0.15, 0.2) is 0 Å². The summed E-state index contributed by atoms with van der Waals surface area (Å²) < 4.78 is 38.4. The number of thioether (sulfide) groups is 1. The van der Waals surface area contributed by atoms with E-state index in [9.17, 15) is 18.0 Å². The maximum Gasteiger partial charge on any atom is 0.416 e. The number of rotatable bonds is 3. The molecule has 0 spiro atoms. The summed E-state index contributed by atoms with van der Waals surface area (Å²) in [6, 6.07) is 3.92. The van der Waals surface area contributed by atoms with Gasteiger partial charge >= 0.3 is 6.18 Å². The van der Waals surface area contributed by atoms with Crippen molar-refractivity contribution in [1.29, 1.82) is 0 Å². The number of anilines is 1. The summed E-state index contributed by atoms with van der Waals surface area (Å²) in [6.07, 6.45) is -4.14. The number of carbonyl (C=O) groups excluding carboxylic acids is 1. The highest BCUT2D eigenvalue weighted by atomic mass is 35.5. The Morgan fingerprint density at radius 1 is 1.45 bits per heavy atom. The summed E-state index contributed by atoms with van der Waals surface area (Å²) in [5, 5.41) is 5.76. The maximum absolute atomic E-state index is 12.8. The van der Waals surface area contributed by atoms with Crippen molar-refractivity contribution in [2.75, 3.05) is 23.4 Å². The largest absolute Gasteiger partial charge is 0.416 e. The summed E-state index contributed by atoms with van der Waals surface area (Å²) in [5.74, 6) is 1.59. The molecule has 0 saturated carbocycles. The van der Waals surface area contributed by atoms with E-state index in [1.807, 2.05) is 0 Å². The molecule has 3 nitrogen and oxygen atoms in total. The highest BCUT2D eigenvalue weighted by Gasteiger charge is 2.32. The Balaban J connectivity index is 0.00000242. The quantitative estimate of drug-likeness (QED) is 0.873. The molecule has 1 aromatic carbocycles. The predicted octanol–water partition coefficient (Wildman–Crippen LogP) is 3.47. The van der Waals surface area contributed by atoms with Crippen LogP contribution in [0.2, 0.25) is 0 Å². The van der Waals surface area contributed by atoms with Crippen molar-refractivity contribution in [3.8, 4) is 0 Å². The van der Waals surface area contributed by atoms with Gasteiger partial charge in [0.1, 0.15) is 0 Å². The van der Waals surface area contributed by atoms with Crippen LogP contribution in [0.1, 0.15) is 17.5 Å². The first-order valence-electron chi connectivity index (χ1n) is 6.65. The maximum atomic E-state index is 12.8. The molecule has 2 N–H and O–H groups in total. The Morgan fingerprint density at radius 2 is 2.18 bits per heavy atom. The standard InChI is InChI=1S/C14H17F3N2OS.ClH/c1-9-2-3-10(6-12(9)14(15,16)17)19-13(20)7-11-8-21-5-4-18-11;/h2-3,6,11,18H,4-5,7-8H2,1H3,(H,19,20);1H. The molecular formula is C14H18ClF3N2OS. The van der Waals surface area contributed by atoms with Crippen LogP contribution in [0.3, 0.4) is 0 Å². The number of benzene rings is 1. The highest BCUT2D eigenvalue weighted by molar-refractivity contribution is 7.99. The smallest absolute Gasteiger partial charge is 0.326 e. The van der Waals surface area contributed by atoms with Crippen molar-refractivity contribution in [2.45, 2.75) is 25.6 Å². The van der Waals surface area contributed by atoms with E-state index in [2.05, 4.69) is 10.6 Å². The first-order chi connectivity index (χ1) is 9.86. The van der Waals surface area contributed by atoms with Crippen molar-refractivity contribution in [2.24, 2.45) is 0 Å². The van der Waals surface area contributed by atoms with Gasteiger partial charge < -0.3 is 10.6 Å². The van der Waals surface area contributed by atoms with Crippen molar-refractivity contribution >= 4 is 35.8 Å². The second-order valence-corrected chi connectivity index (χ2v) is 6.16. The van der Waals surface area contributed by atoms with Crippen LogP contribution in [0.15, 0.2) is 18.2 Å². The van der Waals surface area contributed by atoms with Gasteiger partial charge in [-0.05, 0) is 24.6 Å². The third-order valence-corrected chi connectivity index (χ3v) is 4.39. The van der Waals surface area contributed by atoms with E-state index in [0.29, 0.717) is 0 Å². The zero-order valence-electron chi connectivity index (χ0n) is 12.0. The van der Waals surface area contributed by atoms with Gasteiger partial charge in [-0.15, -0.1) is 12.4 Å². The van der Waals surface area contributed by atoms with Gasteiger partial charge in [-0.1, -0.05) is 6.07 Å². The fourth-order valence-corrected chi connectivity index (χ4v) is 3.14. The Kier molecular flexibility index (Phi) is 7.02. The van der Waals surface area contributed by atoms with Crippen molar-refractivity contribution in [3.63, 3.8) is 0 Å². The summed E-state index contributed by atoms with van der Waals surface area (Å²) in [4.78, 5) is 11.9. The molecule has 1 heterocycles. The van der Waals surface area contributed by atoms with Gasteiger partial charge in [-0.2, -0.15) is 24.9 Å². The summed E-state index contributed by atoms with van der Waals surface area (Å²) in [5.41, 5.74) is -0.390. The number of nitrogens with one attached hydrogen (secondary N) is 2. The molecule has 1 aliphatic heterocycles. The number of aryl methyl sites for hydroxylation is 1. The molecule has 8 heteroatoms. The number of hydrogen-bond acceptors (Lipinski definition) is 3. The van der Waals surface area contributed by atoms with Crippen LogP contribution in [0.5, 0.6) is 0 Å². The minimum atomic E-state index is -4.41. The van der Waals surface area contributed by atoms with Gasteiger partial charge in [0, 0.05) is 36.2 Å². The van der Waals surface area contributed by atoms with Gasteiger partial charge in [-0.3, -0.25) is 4.79 Å². The molecule has 1 atom stereocenters. The van der Waals surface area contributed by atoms with Crippen molar-refractivity contribution in [1.82, 2.24) is 5.32 Å². The summed E-state index contributed by atoms with van der Waals surface area (Å²) in [6.45, 7) is 2.25. The van der Waals surface area contributed by atoms with Crippen LogP contribution in [0, 0.1) is 6.92 Å². The topological polar surface area (TPSA) is 41.1 Å². The molecule has 1 aliphatic rings. The van der Waals surface area contributed by atoms with E-state index >= 15 is 0 Å². The molecule has 1 fully saturated rings. The second-order valence-electron chi connectivity index (χ2n) is 5.01. The lowest BCUT2D eigenvalue weighted by Gasteiger charge is -2.22. The molecule has 1 saturated heterocycles. The average molecular weight is 355 g/mol. The zero-order chi connectivity index (χ0) is 15.5. The van der Waals surface area contributed by atoms with Crippen LogP contribution in [-0.2, 0) is 11.0 Å². The fourth-order valence-electron chi connectivity index (χ4n) is 2.19. The molecule has 124 valence electrons. The Hall–Kier alpha value is -0.920. The monoisotopic (exact) mass is 354 g/mol. The molecule has 0 aromatic heterocycles. The van der Waals surface area contributed by atoms with Gasteiger partial charge in [0.2, 0.25) is 5.91 Å². The number of hydrogen-bond donors (Lipinski definition) is 2. The van der Waals surface area contributed by atoms with E-state index in [1.165, 1.54) is 19.1 Å². The minimum absolute atomic E-state index is 0. The lowest BCUT2D eigenvalue weighted by molar-refractivity contribution is -0.138. The summed E-state index contributed by atoms with van der Waals surface area (Å²) >= 11 is 1.77.